The van der Waals surface area contributed by atoms with Crippen LogP contribution in [0, 0.1) is 11.7 Å². The molecular formula is C27H26F4N4O. The van der Waals surface area contributed by atoms with Gasteiger partial charge in [0.05, 0.1) is 17.5 Å². The van der Waals surface area contributed by atoms with Gasteiger partial charge < -0.3 is 10.2 Å². The number of piperazine rings is 1. The van der Waals surface area contributed by atoms with Crippen LogP contribution in [-0.2, 0) is 30.5 Å². The van der Waals surface area contributed by atoms with Crippen molar-refractivity contribution in [3.63, 3.8) is 0 Å². The Morgan fingerprint density at radius 3 is 2.47 bits per heavy atom. The predicted molar refractivity (Wildman–Crippen MR) is 128 cm³/mol. The van der Waals surface area contributed by atoms with Crippen LogP contribution in [0.25, 0.3) is 0 Å². The molecule has 2 aliphatic rings. The van der Waals surface area contributed by atoms with Gasteiger partial charge >= 0.3 is 6.18 Å². The first-order valence-electron chi connectivity index (χ1n) is 11.9. The van der Waals surface area contributed by atoms with E-state index in [9.17, 15) is 22.4 Å². The maximum absolute atomic E-state index is 13.4. The van der Waals surface area contributed by atoms with Crippen molar-refractivity contribution in [3.05, 3.63) is 95.1 Å². The molecule has 0 spiro atoms. The van der Waals surface area contributed by atoms with E-state index in [4.69, 9.17) is 0 Å². The standard InChI is InChI=1S/C27H26F4N4O/c28-22-4-1-19(2-5-22)16-34-11-12-35-24-6-3-21(27(29,30)31)13-20(24)14-23(25(35)17-34)26(36)33-15-18-7-9-32-10-8-18/h1-10,13,23,25H,11-12,14-17H2,(H,33,36). The third-order valence-corrected chi connectivity index (χ3v) is 7.00. The lowest BCUT2D eigenvalue weighted by Gasteiger charge is -2.49. The Kier molecular flexibility index (Phi) is 6.66. The van der Waals surface area contributed by atoms with Crippen LogP contribution < -0.4 is 10.2 Å². The molecule has 5 nitrogen and oxygen atoms in total. The zero-order valence-electron chi connectivity index (χ0n) is 19.5. The molecule has 2 aliphatic heterocycles. The van der Waals surface area contributed by atoms with Gasteiger partial charge in [-0.3, -0.25) is 14.7 Å². The number of halogens is 4. The molecule has 9 heteroatoms. The van der Waals surface area contributed by atoms with Crippen LogP contribution in [0.15, 0.2) is 67.0 Å². The number of fused-ring (bicyclic) bond motifs is 3. The van der Waals surface area contributed by atoms with Gasteiger partial charge in [0.25, 0.3) is 0 Å². The monoisotopic (exact) mass is 498 g/mol. The van der Waals surface area contributed by atoms with Crippen molar-refractivity contribution < 1.29 is 22.4 Å². The fourth-order valence-corrected chi connectivity index (χ4v) is 5.17. The maximum Gasteiger partial charge on any atom is 0.416 e. The van der Waals surface area contributed by atoms with Crippen molar-refractivity contribution in [1.82, 2.24) is 15.2 Å². The number of nitrogens with zero attached hydrogens (tertiary/aromatic N) is 3. The topological polar surface area (TPSA) is 48.5 Å². The van der Waals surface area contributed by atoms with E-state index in [0.717, 1.165) is 22.9 Å². The Morgan fingerprint density at radius 2 is 1.75 bits per heavy atom. The van der Waals surface area contributed by atoms with Gasteiger partial charge in [-0.05, 0) is 65.6 Å². The summed E-state index contributed by atoms with van der Waals surface area (Å²) >= 11 is 0. The summed E-state index contributed by atoms with van der Waals surface area (Å²) in [6, 6.07) is 13.6. The smallest absolute Gasteiger partial charge is 0.365 e. The number of hydrogen-bond acceptors (Lipinski definition) is 4. The maximum atomic E-state index is 13.4. The minimum Gasteiger partial charge on any atom is -0.365 e. The summed E-state index contributed by atoms with van der Waals surface area (Å²) in [5, 5.41) is 2.97. The van der Waals surface area contributed by atoms with E-state index in [2.05, 4.69) is 20.1 Å². The molecule has 0 aliphatic carbocycles. The van der Waals surface area contributed by atoms with Crippen LogP contribution in [0.5, 0.6) is 0 Å². The Bertz CT molecular complexity index is 1220. The average Bonchev–Trinajstić information content (AvgIpc) is 2.88. The van der Waals surface area contributed by atoms with Gasteiger partial charge in [-0.1, -0.05) is 12.1 Å². The highest BCUT2D eigenvalue weighted by Gasteiger charge is 2.42. The highest BCUT2D eigenvalue weighted by atomic mass is 19.4. The van der Waals surface area contributed by atoms with E-state index in [1.165, 1.54) is 24.3 Å². The van der Waals surface area contributed by atoms with Crippen LogP contribution in [-0.4, -0.2) is 41.5 Å². The lowest BCUT2D eigenvalue weighted by atomic mass is 9.82. The van der Waals surface area contributed by atoms with Crippen molar-refractivity contribution in [1.29, 1.82) is 0 Å². The predicted octanol–water partition coefficient (Wildman–Crippen LogP) is 4.42. The van der Waals surface area contributed by atoms with Gasteiger partial charge in [0.15, 0.2) is 0 Å². The number of benzene rings is 2. The summed E-state index contributed by atoms with van der Waals surface area (Å²) < 4.78 is 53.6. The number of alkyl halides is 3. The van der Waals surface area contributed by atoms with Crippen LogP contribution in [0.2, 0.25) is 0 Å². The highest BCUT2D eigenvalue weighted by Crippen LogP contribution is 2.40. The van der Waals surface area contributed by atoms with Crippen LogP contribution in [0.3, 0.4) is 0 Å². The number of carbonyl (C=O) groups is 1. The number of pyridine rings is 1. The number of rotatable bonds is 5. The minimum atomic E-state index is -4.45. The molecule has 36 heavy (non-hydrogen) atoms. The molecule has 5 rings (SSSR count). The van der Waals surface area contributed by atoms with Gasteiger partial charge in [0, 0.05) is 50.8 Å². The molecule has 0 saturated carbocycles. The molecule has 2 aromatic carbocycles. The summed E-state index contributed by atoms with van der Waals surface area (Å²) in [6.45, 7) is 2.76. The summed E-state index contributed by atoms with van der Waals surface area (Å²) in [5.41, 5.74) is 2.46. The van der Waals surface area contributed by atoms with Gasteiger partial charge in [0.2, 0.25) is 5.91 Å². The second kappa shape index (κ2) is 9.89. The Hall–Kier alpha value is -3.46. The molecular weight excluding hydrogens is 472 g/mol. The number of anilines is 1. The molecule has 0 radical (unpaired) electrons. The van der Waals surface area contributed by atoms with E-state index >= 15 is 0 Å². The molecule has 1 fully saturated rings. The number of nitrogens with one attached hydrogen (secondary N) is 1. The average molecular weight is 499 g/mol. The summed E-state index contributed by atoms with van der Waals surface area (Å²) in [6.07, 6.45) is -0.924. The highest BCUT2D eigenvalue weighted by molar-refractivity contribution is 5.82. The molecule has 2 atom stereocenters. The zero-order chi connectivity index (χ0) is 25.3. The first-order valence-corrected chi connectivity index (χ1v) is 11.9. The minimum absolute atomic E-state index is 0.187. The normalized spacial score (nSPS) is 19.9. The number of hydrogen-bond donors (Lipinski definition) is 1. The Balaban J connectivity index is 1.40. The fraction of sp³-hybridized carbons (Fsp3) is 0.333. The van der Waals surface area contributed by atoms with E-state index in [1.807, 2.05) is 12.1 Å². The first-order chi connectivity index (χ1) is 17.3. The van der Waals surface area contributed by atoms with Gasteiger partial charge in [-0.15, -0.1) is 0 Å². The zero-order valence-corrected chi connectivity index (χ0v) is 19.5. The van der Waals surface area contributed by atoms with Gasteiger partial charge in [-0.2, -0.15) is 13.2 Å². The van der Waals surface area contributed by atoms with Crippen LogP contribution in [0.4, 0.5) is 23.2 Å². The van der Waals surface area contributed by atoms with Crippen LogP contribution >= 0.6 is 0 Å². The molecule has 0 bridgehead atoms. The molecule has 3 aromatic rings. The molecule has 1 N–H and O–H groups in total. The van der Waals surface area contributed by atoms with Crippen LogP contribution in [0.1, 0.15) is 22.3 Å². The van der Waals surface area contributed by atoms with Crippen molar-refractivity contribution in [3.8, 4) is 0 Å². The molecule has 1 saturated heterocycles. The number of amides is 1. The fourth-order valence-electron chi connectivity index (χ4n) is 5.17. The molecule has 1 amide bonds. The lowest BCUT2D eigenvalue weighted by molar-refractivity contribution is -0.137. The second-order valence-corrected chi connectivity index (χ2v) is 9.35. The largest absolute Gasteiger partial charge is 0.416 e. The van der Waals surface area contributed by atoms with Gasteiger partial charge in [0.1, 0.15) is 5.82 Å². The third-order valence-electron chi connectivity index (χ3n) is 7.00. The van der Waals surface area contributed by atoms with Crippen molar-refractivity contribution in [2.75, 3.05) is 24.5 Å². The summed E-state index contributed by atoms with van der Waals surface area (Å²) in [4.78, 5) is 21.7. The van der Waals surface area contributed by atoms with Gasteiger partial charge in [-0.25, -0.2) is 4.39 Å². The van der Waals surface area contributed by atoms with E-state index < -0.39 is 17.7 Å². The molecule has 1 aromatic heterocycles. The van der Waals surface area contributed by atoms with E-state index in [-0.39, 0.29) is 24.2 Å². The van der Waals surface area contributed by atoms with Crippen molar-refractivity contribution in [2.24, 2.45) is 5.92 Å². The summed E-state index contributed by atoms with van der Waals surface area (Å²) in [5.74, 6) is -0.996. The lowest BCUT2D eigenvalue weighted by Crippen LogP contribution is -2.60. The quantitative estimate of drug-likeness (QED) is 0.530. The SMILES string of the molecule is O=C(NCc1ccncc1)C1Cc2cc(C(F)(F)F)ccc2N2CCN(Cc3ccc(F)cc3)CC12. The van der Waals surface area contributed by atoms with E-state index in [1.54, 1.807) is 24.5 Å². The van der Waals surface area contributed by atoms with E-state index in [0.29, 0.717) is 38.3 Å². The Labute approximate surface area is 206 Å². The molecule has 3 heterocycles. The second-order valence-electron chi connectivity index (χ2n) is 9.35. The number of carbonyl (C=O) groups excluding carboxylic acids is 1. The first kappa shape index (κ1) is 24.2. The Morgan fingerprint density at radius 1 is 1.00 bits per heavy atom. The summed E-state index contributed by atoms with van der Waals surface area (Å²) in [7, 11) is 0. The number of aromatic nitrogens is 1. The van der Waals surface area contributed by atoms with Crippen molar-refractivity contribution in [2.45, 2.75) is 31.7 Å². The van der Waals surface area contributed by atoms with Crippen molar-refractivity contribution >= 4 is 11.6 Å². The molecule has 188 valence electrons. The third kappa shape index (κ3) is 5.21. The molecule has 2 unspecified atom stereocenters.